The van der Waals surface area contributed by atoms with Crippen LogP contribution in [0, 0.1) is 13.8 Å². The van der Waals surface area contributed by atoms with Crippen molar-refractivity contribution in [1.29, 1.82) is 0 Å². The van der Waals surface area contributed by atoms with Gasteiger partial charge in [-0.3, -0.25) is 4.79 Å². The van der Waals surface area contributed by atoms with E-state index in [1.165, 1.54) is 11.3 Å². The Labute approximate surface area is 123 Å². The maximum atomic E-state index is 12.1. The molecule has 0 unspecified atom stereocenters. The molecule has 8 heteroatoms. The molecule has 2 aromatic rings. The normalized spacial score (nSPS) is 10.3. The molecule has 2 heterocycles. The van der Waals surface area contributed by atoms with Gasteiger partial charge in [0.05, 0.1) is 17.9 Å². The molecule has 2 aromatic heterocycles. The number of anilines is 1. The monoisotopic (exact) mass is 311 g/mol. The van der Waals surface area contributed by atoms with E-state index < -0.39 is 5.97 Å². The molecule has 1 N–H and O–H groups in total. The Morgan fingerprint density at radius 3 is 2.75 bits per heavy atom. The second kappa shape index (κ2) is 6.10. The van der Waals surface area contributed by atoms with E-state index in [4.69, 9.17) is 4.74 Å². The van der Waals surface area contributed by atoms with E-state index in [1.807, 2.05) is 6.92 Å². The summed E-state index contributed by atoms with van der Waals surface area (Å²) in [7, 11) is 0. The zero-order valence-corrected chi connectivity index (χ0v) is 12.9. The molecule has 0 atom stereocenters. The molecule has 2 rings (SSSR count). The van der Waals surface area contributed by atoms with Crippen LogP contribution in [0.4, 0.5) is 5.00 Å². The SMILES string of the molecule is CCOC(=O)c1cc(C)sc1NC(=O)c1snnc1C. The number of carbonyl (C=O) groups excluding carboxylic acids is 2. The number of nitrogens with one attached hydrogen (secondary N) is 1. The van der Waals surface area contributed by atoms with Crippen LogP contribution in [0.3, 0.4) is 0 Å². The van der Waals surface area contributed by atoms with Gasteiger partial charge in [0.25, 0.3) is 5.91 Å². The van der Waals surface area contributed by atoms with Crippen LogP contribution in [-0.4, -0.2) is 28.1 Å². The Morgan fingerprint density at radius 1 is 1.40 bits per heavy atom. The number of carbonyl (C=O) groups is 2. The Kier molecular flexibility index (Phi) is 4.46. The molecule has 0 radical (unpaired) electrons. The zero-order chi connectivity index (χ0) is 14.7. The van der Waals surface area contributed by atoms with Gasteiger partial charge in [-0.15, -0.1) is 16.4 Å². The molecule has 0 bridgehead atoms. The Morgan fingerprint density at radius 2 is 2.15 bits per heavy atom. The largest absolute Gasteiger partial charge is 0.462 e. The number of thiophene rings is 1. The Balaban J connectivity index is 2.23. The van der Waals surface area contributed by atoms with Crippen LogP contribution in [-0.2, 0) is 4.74 Å². The fraction of sp³-hybridized carbons (Fsp3) is 0.333. The van der Waals surface area contributed by atoms with Crippen LogP contribution in [0.5, 0.6) is 0 Å². The summed E-state index contributed by atoms with van der Waals surface area (Å²) in [5, 5.41) is 7.00. The van der Waals surface area contributed by atoms with E-state index in [1.54, 1.807) is 19.9 Å². The first-order chi connectivity index (χ1) is 9.52. The summed E-state index contributed by atoms with van der Waals surface area (Å²) in [6.07, 6.45) is 0. The van der Waals surface area contributed by atoms with Gasteiger partial charge in [0.2, 0.25) is 0 Å². The molecule has 0 fully saturated rings. The summed E-state index contributed by atoms with van der Waals surface area (Å²) in [5.74, 6) is -0.754. The highest BCUT2D eigenvalue weighted by atomic mass is 32.1. The van der Waals surface area contributed by atoms with Crippen molar-refractivity contribution in [2.24, 2.45) is 0 Å². The molecule has 1 amide bonds. The quantitative estimate of drug-likeness (QED) is 0.878. The van der Waals surface area contributed by atoms with Crippen molar-refractivity contribution < 1.29 is 14.3 Å². The highest BCUT2D eigenvalue weighted by Crippen LogP contribution is 2.29. The molecule has 0 saturated heterocycles. The second-order valence-electron chi connectivity index (χ2n) is 3.96. The van der Waals surface area contributed by atoms with E-state index in [2.05, 4.69) is 14.9 Å². The predicted molar refractivity (Wildman–Crippen MR) is 77.6 cm³/mol. The molecular formula is C12H13N3O3S2. The van der Waals surface area contributed by atoms with Crippen molar-refractivity contribution in [3.8, 4) is 0 Å². The Hall–Kier alpha value is -1.80. The van der Waals surface area contributed by atoms with Crippen LogP contribution >= 0.6 is 22.9 Å². The molecule has 0 aliphatic rings. The van der Waals surface area contributed by atoms with Crippen molar-refractivity contribution in [2.75, 3.05) is 11.9 Å². The molecule has 106 valence electrons. The first kappa shape index (κ1) is 14.6. The van der Waals surface area contributed by atoms with Crippen molar-refractivity contribution in [1.82, 2.24) is 9.59 Å². The number of aromatic nitrogens is 2. The zero-order valence-electron chi connectivity index (χ0n) is 11.2. The number of hydrogen-bond donors (Lipinski definition) is 1. The van der Waals surface area contributed by atoms with E-state index in [9.17, 15) is 9.59 Å². The predicted octanol–water partition coefficient (Wildman–Crippen LogP) is 2.65. The topological polar surface area (TPSA) is 81.2 Å². The van der Waals surface area contributed by atoms with Gasteiger partial charge in [0.15, 0.2) is 0 Å². The third-order valence-corrected chi connectivity index (χ3v) is 4.23. The highest BCUT2D eigenvalue weighted by molar-refractivity contribution is 7.16. The lowest BCUT2D eigenvalue weighted by Crippen LogP contribution is -2.14. The van der Waals surface area contributed by atoms with Gasteiger partial charge in [-0.1, -0.05) is 4.49 Å². The number of rotatable bonds is 4. The van der Waals surface area contributed by atoms with E-state index in [-0.39, 0.29) is 5.91 Å². The lowest BCUT2D eigenvalue weighted by molar-refractivity contribution is 0.0528. The minimum Gasteiger partial charge on any atom is -0.462 e. The summed E-state index contributed by atoms with van der Waals surface area (Å²) >= 11 is 2.35. The van der Waals surface area contributed by atoms with E-state index >= 15 is 0 Å². The van der Waals surface area contributed by atoms with Gasteiger partial charge in [-0.05, 0) is 38.4 Å². The van der Waals surface area contributed by atoms with Gasteiger partial charge >= 0.3 is 5.97 Å². The number of aryl methyl sites for hydroxylation is 2. The minimum atomic E-state index is -0.439. The smallest absolute Gasteiger partial charge is 0.341 e. The van der Waals surface area contributed by atoms with Crippen LogP contribution in [0.2, 0.25) is 0 Å². The van der Waals surface area contributed by atoms with Gasteiger partial charge in [0, 0.05) is 4.88 Å². The van der Waals surface area contributed by atoms with Gasteiger partial charge in [0.1, 0.15) is 9.88 Å². The summed E-state index contributed by atoms with van der Waals surface area (Å²) in [6.45, 7) is 5.60. The summed E-state index contributed by atoms with van der Waals surface area (Å²) in [4.78, 5) is 25.3. The molecule has 0 saturated carbocycles. The third kappa shape index (κ3) is 3.02. The van der Waals surface area contributed by atoms with E-state index in [0.717, 1.165) is 16.4 Å². The number of amides is 1. The fourth-order valence-corrected chi connectivity index (χ4v) is 3.01. The average Bonchev–Trinajstić information content (AvgIpc) is 2.96. The molecule has 6 nitrogen and oxygen atoms in total. The second-order valence-corrected chi connectivity index (χ2v) is 5.97. The molecule has 0 aliphatic heterocycles. The summed E-state index contributed by atoms with van der Waals surface area (Å²) in [6, 6.07) is 1.70. The number of hydrogen-bond acceptors (Lipinski definition) is 7. The summed E-state index contributed by atoms with van der Waals surface area (Å²) < 4.78 is 8.69. The molecule has 20 heavy (non-hydrogen) atoms. The summed E-state index contributed by atoms with van der Waals surface area (Å²) in [5.41, 5.74) is 0.941. The van der Waals surface area contributed by atoms with Gasteiger partial charge in [-0.25, -0.2) is 4.79 Å². The number of nitrogens with zero attached hydrogens (tertiary/aromatic N) is 2. The van der Waals surface area contributed by atoms with Crippen LogP contribution < -0.4 is 5.32 Å². The lowest BCUT2D eigenvalue weighted by Gasteiger charge is -2.04. The first-order valence-corrected chi connectivity index (χ1v) is 7.49. The standard InChI is InChI=1S/C12H13N3O3S2/c1-4-18-12(17)8-5-6(2)19-11(8)13-10(16)9-7(3)14-15-20-9/h5H,4H2,1-3H3,(H,13,16). The maximum absolute atomic E-state index is 12.1. The average molecular weight is 311 g/mol. The van der Waals surface area contributed by atoms with Crippen LogP contribution in [0.1, 0.15) is 37.5 Å². The van der Waals surface area contributed by atoms with Crippen molar-refractivity contribution in [3.05, 3.63) is 27.1 Å². The third-order valence-electron chi connectivity index (χ3n) is 2.44. The minimum absolute atomic E-state index is 0.291. The van der Waals surface area contributed by atoms with Gasteiger partial charge < -0.3 is 10.1 Å². The van der Waals surface area contributed by atoms with Crippen LogP contribution in [0.15, 0.2) is 6.07 Å². The maximum Gasteiger partial charge on any atom is 0.341 e. The molecule has 0 spiro atoms. The number of esters is 1. The van der Waals surface area contributed by atoms with Crippen molar-refractivity contribution in [3.63, 3.8) is 0 Å². The lowest BCUT2D eigenvalue weighted by atomic mass is 10.3. The van der Waals surface area contributed by atoms with Crippen molar-refractivity contribution in [2.45, 2.75) is 20.8 Å². The van der Waals surface area contributed by atoms with Gasteiger partial charge in [-0.2, -0.15) is 0 Å². The van der Waals surface area contributed by atoms with E-state index in [0.29, 0.717) is 27.7 Å². The molecule has 0 aliphatic carbocycles. The highest BCUT2D eigenvalue weighted by Gasteiger charge is 2.20. The van der Waals surface area contributed by atoms with Crippen molar-refractivity contribution >= 4 is 39.7 Å². The molecule has 0 aromatic carbocycles. The Bertz CT molecular complexity index is 648. The number of ether oxygens (including phenoxy) is 1. The van der Waals surface area contributed by atoms with Crippen LogP contribution in [0.25, 0.3) is 0 Å². The fourth-order valence-electron chi connectivity index (χ4n) is 1.57. The first-order valence-electron chi connectivity index (χ1n) is 5.90. The molecular weight excluding hydrogens is 298 g/mol.